The molecule has 0 saturated carbocycles. The molecule has 2 radical (unpaired) electrons. The molecule has 0 bridgehead atoms. The van der Waals surface area contributed by atoms with Crippen LogP contribution in [0.15, 0.2) is 23.1 Å². The zero-order chi connectivity index (χ0) is 12.9. The summed E-state index contributed by atoms with van der Waals surface area (Å²) in [5.74, 6) is -0.833. The molecule has 7 heteroatoms. The molecule has 0 spiro atoms. The number of nitrogens with two attached hydrogens (primary N) is 1. The predicted molar refractivity (Wildman–Crippen MR) is 61.3 cm³/mol. The van der Waals surface area contributed by atoms with Crippen molar-refractivity contribution in [1.82, 2.24) is 0 Å². The van der Waals surface area contributed by atoms with E-state index in [1.54, 1.807) is 12.1 Å². The van der Waals surface area contributed by atoms with Gasteiger partial charge in [-0.25, -0.2) is 0 Å². The molecular formula is C9H12AsNO4S. The third-order valence-corrected chi connectivity index (χ3v) is 3.50. The molecule has 1 aromatic carbocycles. The van der Waals surface area contributed by atoms with Gasteiger partial charge in [-0.2, -0.15) is 0 Å². The van der Waals surface area contributed by atoms with Crippen molar-refractivity contribution in [2.24, 2.45) is 5.14 Å². The van der Waals surface area contributed by atoms with Gasteiger partial charge in [0.25, 0.3) is 5.97 Å². The minimum absolute atomic E-state index is 0.174. The third kappa shape index (κ3) is 5.90. The number of rotatable bonds is 1. The van der Waals surface area contributed by atoms with Crippen LogP contribution in [0.2, 0.25) is 0 Å². The predicted octanol–water partition coefficient (Wildman–Crippen LogP) is -0.473. The van der Waals surface area contributed by atoms with Crippen LogP contribution in [0.25, 0.3) is 0 Å². The number of sulfonamides is 1. The molecule has 16 heavy (non-hydrogen) atoms. The monoisotopic (exact) mass is 305 g/mol. The Kier molecular flexibility index (Phi) is 5.72. The normalized spacial score (nSPS) is 10.2. The van der Waals surface area contributed by atoms with Gasteiger partial charge < -0.3 is 5.11 Å². The molecule has 88 valence electrons. The first-order valence-electron chi connectivity index (χ1n) is 4.16. The number of hydrogen-bond donors (Lipinski definition) is 2. The summed E-state index contributed by atoms with van der Waals surface area (Å²) >= 11 is 2.19. The molecule has 0 heterocycles. The van der Waals surface area contributed by atoms with Crippen LogP contribution in [0.3, 0.4) is 0 Å². The van der Waals surface area contributed by atoms with E-state index in [4.69, 9.17) is 15.0 Å². The number of benzene rings is 1. The van der Waals surface area contributed by atoms with Gasteiger partial charge in [-0.05, 0) is 0 Å². The van der Waals surface area contributed by atoms with E-state index in [0.717, 1.165) is 12.5 Å². The van der Waals surface area contributed by atoms with Crippen LogP contribution in [0.1, 0.15) is 12.5 Å². The van der Waals surface area contributed by atoms with Gasteiger partial charge in [0.2, 0.25) is 0 Å². The van der Waals surface area contributed by atoms with Gasteiger partial charge in [0.05, 0.1) is 0 Å². The molecular weight excluding hydrogens is 293 g/mol. The van der Waals surface area contributed by atoms with Crippen molar-refractivity contribution >= 4 is 37.2 Å². The molecule has 0 fully saturated rings. The Labute approximate surface area is 103 Å². The Balaban J connectivity index is 0.000000487. The molecule has 0 amide bonds. The van der Waals surface area contributed by atoms with Crippen molar-refractivity contribution in [3.05, 3.63) is 23.8 Å². The van der Waals surface area contributed by atoms with Crippen LogP contribution in [0.5, 0.6) is 0 Å². The molecule has 0 aromatic heterocycles. The Hall–Kier alpha value is -0.842. The molecule has 0 unspecified atom stereocenters. The fraction of sp³-hybridized carbons (Fsp3) is 0.222. The Morgan fingerprint density at radius 1 is 1.44 bits per heavy atom. The summed E-state index contributed by atoms with van der Waals surface area (Å²) in [5, 5.41) is 12.4. The number of hydrogen-bond acceptors (Lipinski definition) is 3. The summed E-state index contributed by atoms with van der Waals surface area (Å²) in [5.41, 5.74) is 1.01. The fourth-order valence-corrected chi connectivity index (χ4v) is 2.86. The Bertz CT molecular complexity index is 480. The number of primary sulfonamides is 1. The van der Waals surface area contributed by atoms with Gasteiger partial charge in [0.1, 0.15) is 0 Å². The maximum atomic E-state index is 10.9. The topological polar surface area (TPSA) is 97.5 Å². The number of aryl methyl sites for hydroxylation is 1. The third-order valence-electron chi connectivity index (χ3n) is 1.42. The second-order valence-electron chi connectivity index (χ2n) is 3.04. The maximum absolute atomic E-state index is 10.9. The van der Waals surface area contributed by atoms with Crippen LogP contribution >= 0.6 is 0 Å². The van der Waals surface area contributed by atoms with Gasteiger partial charge in [-0.1, -0.05) is 0 Å². The first kappa shape index (κ1) is 15.2. The van der Waals surface area contributed by atoms with Crippen molar-refractivity contribution in [2.75, 3.05) is 0 Å². The SMILES string of the molecule is CC(=O)O.Cc1ccc(S(N)(=O)=O)c([As])c1. The molecule has 0 aliphatic carbocycles. The van der Waals surface area contributed by atoms with E-state index in [2.05, 4.69) is 16.9 Å². The van der Waals surface area contributed by atoms with E-state index >= 15 is 0 Å². The molecule has 5 nitrogen and oxygen atoms in total. The van der Waals surface area contributed by atoms with Gasteiger partial charge in [0.15, 0.2) is 0 Å². The van der Waals surface area contributed by atoms with Crippen molar-refractivity contribution in [2.45, 2.75) is 18.7 Å². The Morgan fingerprint density at radius 2 is 1.88 bits per heavy atom. The molecule has 0 aliphatic rings. The minimum atomic E-state index is -3.57. The van der Waals surface area contributed by atoms with E-state index in [0.29, 0.717) is 4.35 Å². The zero-order valence-corrected chi connectivity index (χ0v) is 11.5. The van der Waals surface area contributed by atoms with Gasteiger partial charge in [-0.3, -0.25) is 4.79 Å². The summed E-state index contributed by atoms with van der Waals surface area (Å²) in [4.78, 5) is 9.17. The van der Waals surface area contributed by atoms with E-state index in [9.17, 15) is 8.42 Å². The van der Waals surface area contributed by atoms with E-state index in [1.165, 1.54) is 6.07 Å². The number of aliphatic carboxylic acids is 1. The van der Waals surface area contributed by atoms with Gasteiger partial charge >= 0.3 is 80.4 Å². The average molecular weight is 305 g/mol. The van der Waals surface area contributed by atoms with Crippen LogP contribution in [-0.4, -0.2) is 36.3 Å². The van der Waals surface area contributed by atoms with Crippen molar-refractivity contribution < 1.29 is 18.3 Å². The standard InChI is InChI=1S/C7H8AsNO2S.C2H4O2/c1-5-2-3-7(6(8)4-5)12(9,10)11;1-2(3)4/h2-4H,1H3,(H2,9,10,11);1H3,(H,3,4). The molecule has 1 aromatic rings. The summed E-state index contributed by atoms with van der Waals surface area (Å²) in [6.45, 7) is 2.98. The average Bonchev–Trinajstić information content (AvgIpc) is 1.99. The summed E-state index contributed by atoms with van der Waals surface area (Å²) in [6, 6.07) is 4.99. The molecule has 0 saturated heterocycles. The van der Waals surface area contributed by atoms with Crippen LogP contribution < -0.4 is 9.49 Å². The van der Waals surface area contributed by atoms with Crippen molar-refractivity contribution in [1.29, 1.82) is 0 Å². The quantitative estimate of drug-likeness (QED) is 0.685. The van der Waals surface area contributed by atoms with E-state index in [1.807, 2.05) is 6.92 Å². The molecule has 0 aliphatic heterocycles. The van der Waals surface area contributed by atoms with E-state index in [-0.39, 0.29) is 4.90 Å². The Morgan fingerprint density at radius 3 is 2.19 bits per heavy atom. The summed E-state index contributed by atoms with van der Waals surface area (Å²) in [7, 11) is -3.57. The fourth-order valence-electron chi connectivity index (χ4n) is 0.868. The number of carboxylic acid groups (broad SMARTS) is 1. The number of carboxylic acids is 1. The van der Waals surface area contributed by atoms with Crippen molar-refractivity contribution in [3.63, 3.8) is 0 Å². The van der Waals surface area contributed by atoms with Gasteiger partial charge in [-0.15, -0.1) is 0 Å². The number of carbonyl (C=O) groups is 1. The molecule has 3 N–H and O–H groups in total. The summed E-state index contributed by atoms with van der Waals surface area (Å²) in [6.07, 6.45) is 0. The van der Waals surface area contributed by atoms with Crippen molar-refractivity contribution in [3.8, 4) is 0 Å². The first-order valence-corrected chi connectivity index (χ1v) is 6.65. The van der Waals surface area contributed by atoms with Gasteiger partial charge in [0, 0.05) is 6.92 Å². The van der Waals surface area contributed by atoms with E-state index < -0.39 is 16.0 Å². The second kappa shape index (κ2) is 6.03. The molecule has 0 atom stereocenters. The van der Waals surface area contributed by atoms with Crippen LogP contribution in [0, 0.1) is 6.92 Å². The van der Waals surface area contributed by atoms with Crippen LogP contribution in [0.4, 0.5) is 0 Å². The second-order valence-corrected chi connectivity index (χ2v) is 5.58. The zero-order valence-electron chi connectivity index (χ0n) is 8.84. The van der Waals surface area contributed by atoms with Crippen LogP contribution in [-0.2, 0) is 14.8 Å². The first-order chi connectivity index (χ1) is 7.14. The summed E-state index contributed by atoms with van der Waals surface area (Å²) < 4.78 is 22.5. The molecule has 1 rings (SSSR count).